The second-order valence-corrected chi connectivity index (χ2v) is 7.62. The number of aromatic nitrogens is 4. The molecule has 1 aromatic carbocycles. The molecule has 0 fully saturated rings. The van der Waals surface area contributed by atoms with E-state index >= 15 is 0 Å². The van der Waals surface area contributed by atoms with Crippen molar-refractivity contribution in [2.45, 2.75) is 12.8 Å². The van der Waals surface area contributed by atoms with Gasteiger partial charge in [-0.15, -0.1) is 0 Å². The van der Waals surface area contributed by atoms with Crippen LogP contribution in [0.2, 0.25) is 0 Å². The second kappa shape index (κ2) is 9.18. The van der Waals surface area contributed by atoms with Gasteiger partial charge in [0, 0.05) is 25.0 Å². The number of hydrogen-bond acceptors (Lipinski definition) is 5. The lowest BCUT2D eigenvalue weighted by Gasteiger charge is -2.11. The zero-order valence-electron chi connectivity index (χ0n) is 17.5. The Labute approximate surface area is 179 Å². The Morgan fingerprint density at radius 1 is 1.03 bits per heavy atom. The molecule has 1 N–H and O–H groups in total. The van der Waals surface area contributed by atoms with Crippen LogP contribution in [0.15, 0.2) is 54.9 Å². The number of hydrogen-bond donors (Lipinski definition) is 1. The number of nitrogens with zero attached hydrogens (tertiary/aromatic N) is 5. The lowest BCUT2D eigenvalue weighted by Crippen LogP contribution is -2.21. The molecular weight excluding hydrogens is 398 g/mol. The summed E-state index contributed by atoms with van der Waals surface area (Å²) in [4.78, 5) is 11.5. The summed E-state index contributed by atoms with van der Waals surface area (Å²) in [7, 11) is 4.05. The number of rotatable bonds is 8. The highest BCUT2D eigenvalue weighted by atomic mass is 19.1. The molecule has 8 heteroatoms. The van der Waals surface area contributed by atoms with Gasteiger partial charge in [0.25, 0.3) is 0 Å². The van der Waals surface area contributed by atoms with Gasteiger partial charge in [-0.1, -0.05) is 6.07 Å². The molecule has 0 spiro atoms. The molecule has 0 unspecified atom stereocenters. The molecule has 4 aromatic rings. The van der Waals surface area contributed by atoms with Crippen LogP contribution in [-0.4, -0.2) is 51.7 Å². The summed E-state index contributed by atoms with van der Waals surface area (Å²) in [6.07, 6.45) is 4.41. The van der Waals surface area contributed by atoms with Crippen LogP contribution >= 0.6 is 0 Å². The molecule has 0 radical (unpaired) electrons. The average Bonchev–Trinajstić information content (AvgIpc) is 3.17. The van der Waals surface area contributed by atoms with E-state index < -0.39 is 11.6 Å². The van der Waals surface area contributed by atoms with Crippen molar-refractivity contribution in [2.24, 2.45) is 0 Å². The Morgan fingerprint density at radius 3 is 2.74 bits per heavy atom. The maximum atomic E-state index is 13.9. The molecule has 0 amide bonds. The monoisotopic (exact) mass is 422 g/mol. The lowest BCUT2D eigenvalue weighted by atomic mass is 10.1. The molecule has 31 heavy (non-hydrogen) atoms. The standard InChI is InChI=1S/C23H24F2N6/c1-30(2)13-11-26-22-5-3-4-21(29-22)19-15-27-31-12-10-18(28-23(19)31)8-6-16-14-17(24)7-9-20(16)25/h3-5,7,9-10,12,14-15H,6,8,11,13H2,1-2H3,(H,26,29). The minimum absolute atomic E-state index is 0.341. The Morgan fingerprint density at radius 2 is 1.90 bits per heavy atom. The lowest BCUT2D eigenvalue weighted by molar-refractivity contribution is 0.425. The van der Waals surface area contributed by atoms with E-state index in [-0.39, 0.29) is 0 Å². The van der Waals surface area contributed by atoms with Crippen molar-refractivity contribution in [1.29, 1.82) is 0 Å². The summed E-state index contributed by atoms with van der Waals surface area (Å²) >= 11 is 0. The highest BCUT2D eigenvalue weighted by molar-refractivity contribution is 5.75. The fourth-order valence-corrected chi connectivity index (χ4v) is 3.31. The van der Waals surface area contributed by atoms with Crippen molar-refractivity contribution in [3.8, 4) is 11.3 Å². The number of pyridine rings is 1. The summed E-state index contributed by atoms with van der Waals surface area (Å²) in [5.41, 5.74) is 3.38. The molecular formula is C23H24F2N6. The SMILES string of the molecule is CN(C)CCNc1cccc(-c2cnn3ccc(CCc4cc(F)ccc4F)nc23)n1. The van der Waals surface area contributed by atoms with E-state index in [1.54, 1.807) is 10.7 Å². The van der Waals surface area contributed by atoms with Crippen LogP contribution in [0, 0.1) is 11.6 Å². The van der Waals surface area contributed by atoms with Gasteiger partial charge in [-0.25, -0.2) is 23.3 Å². The van der Waals surface area contributed by atoms with Gasteiger partial charge in [-0.2, -0.15) is 5.10 Å². The molecule has 160 valence electrons. The fourth-order valence-electron chi connectivity index (χ4n) is 3.31. The predicted octanol–water partition coefficient (Wildman–Crippen LogP) is 3.83. The number of likely N-dealkylation sites (N-methyl/N-ethyl adjacent to an activating group) is 1. The minimum atomic E-state index is -0.442. The van der Waals surface area contributed by atoms with E-state index in [0.717, 1.165) is 48.0 Å². The van der Waals surface area contributed by atoms with Crippen LogP contribution in [0.4, 0.5) is 14.6 Å². The van der Waals surface area contributed by atoms with Crippen molar-refractivity contribution in [1.82, 2.24) is 24.5 Å². The van der Waals surface area contributed by atoms with E-state index in [0.29, 0.717) is 24.1 Å². The first-order chi connectivity index (χ1) is 15.0. The maximum Gasteiger partial charge on any atom is 0.164 e. The number of halogens is 2. The molecule has 4 rings (SSSR count). The van der Waals surface area contributed by atoms with E-state index in [2.05, 4.69) is 15.3 Å². The van der Waals surface area contributed by atoms with Crippen molar-refractivity contribution in [3.05, 3.63) is 77.8 Å². The normalized spacial score (nSPS) is 11.4. The van der Waals surface area contributed by atoms with E-state index in [1.807, 2.05) is 44.6 Å². The van der Waals surface area contributed by atoms with Gasteiger partial charge in [-0.3, -0.25) is 0 Å². The number of anilines is 1. The van der Waals surface area contributed by atoms with Crippen LogP contribution in [0.1, 0.15) is 11.3 Å². The Hall–Kier alpha value is -3.39. The number of aryl methyl sites for hydroxylation is 2. The molecule has 6 nitrogen and oxygen atoms in total. The van der Waals surface area contributed by atoms with Crippen molar-refractivity contribution in [2.75, 3.05) is 32.5 Å². The van der Waals surface area contributed by atoms with Crippen LogP contribution in [0.3, 0.4) is 0 Å². The number of nitrogens with one attached hydrogen (secondary N) is 1. The first kappa shape index (κ1) is 20.9. The molecule has 0 aliphatic heterocycles. The van der Waals surface area contributed by atoms with Crippen LogP contribution in [0.25, 0.3) is 16.9 Å². The first-order valence-corrected chi connectivity index (χ1v) is 10.1. The summed E-state index contributed by atoms with van der Waals surface area (Å²) < 4.78 is 29.0. The van der Waals surface area contributed by atoms with Crippen molar-refractivity contribution < 1.29 is 8.78 Å². The zero-order valence-corrected chi connectivity index (χ0v) is 17.5. The molecule has 0 aliphatic rings. The molecule has 0 aliphatic carbocycles. The third-order valence-electron chi connectivity index (χ3n) is 4.98. The Balaban J connectivity index is 1.55. The van der Waals surface area contributed by atoms with Gasteiger partial charge < -0.3 is 10.2 Å². The van der Waals surface area contributed by atoms with Gasteiger partial charge in [0.1, 0.15) is 17.5 Å². The summed E-state index contributed by atoms with van der Waals surface area (Å²) in [6.45, 7) is 1.69. The third kappa shape index (κ3) is 5.03. The molecule has 0 saturated carbocycles. The van der Waals surface area contributed by atoms with E-state index in [1.165, 1.54) is 6.07 Å². The Kier molecular flexibility index (Phi) is 6.18. The van der Waals surface area contributed by atoms with E-state index in [4.69, 9.17) is 9.97 Å². The number of fused-ring (bicyclic) bond motifs is 1. The second-order valence-electron chi connectivity index (χ2n) is 7.62. The van der Waals surface area contributed by atoms with Gasteiger partial charge in [-0.05, 0) is 68.9 Å². The maximum absolute atomic E-state index is 13.9. The first-order valence-electron chi connectivity index (χ1n) is 10.1. The molecule has 3 aromatic heterocycles. The van der Waals surface area contributed by atoms with Crippen LogP contribution in [0.5, 0.6) is 0 Å². The minimum Gasteiger partial charge on any atom is -0.369 e. The van der Waals surface area contributed by atoms with Gasteiger partial charge in [0.15, 0.2) is 5.65 Å². The summed E-state index contributed by atoms with van der Waals surface area (Å²) in [5.74, 6) is -0.0604. The largest absolute Gasteiger partial charge is 0.369 e. The van der Waals surface area contributed by atoms with Crippen molar-refractivity contribution in [3.63, 3.8) is 0 Å². The summed E-state index contributed by atoms with van der Waals surface area (Å²) in [5, 5.41) is 7.69. The smallest absolute Gasteiger partial charge is 0.164 e. The molecule has 0 bridgehead atoms. The molecule has 0 saturated heterocycles. The molecule has 3 heterocycles. The van der Waals surface area contributed by atoms with Crippen molar-refractivity contribution >= 4 is 11.5 Å². The van der Waals surface area contributed by atoms with Gasteiger partial charge in [0.05, 0.1) is 17.5 Å². The number of benzene rings is 1. The third-order valence-corrected chi connectivity index (χ3v) is 4.98. The van der Waals surface area contributed by atoms with Crippen LogP contribution < -0.4 is 5.32 Å². The Bertz CT molecular complexity index is 1190. The topological polar surface area (TPSA) is 58.4 Å². The van der Waals surface area contributed by atoms with E-state index in [9.17, 15) is 8.78 Å². The quantitative estimate of drug-likeness (QED) is 0.468. The predicted molar refractivity (Wildman–Crippen MR) is 117 cm³/mol. The van der Waals surface area contributed by atoms with Gasteiger partial charge >= 0.3 is 0 Å². The fraction of sp³-hybridized carbons (Fsp3) is 0.261. The zero-order chi connectivity index (χ0) is 21.8. The highest BCUT2D eigenvalue weighted by Gasteiger charge is 2.12. The summed E-state index contributed by atoms with van der Waals surface area (Å²) in [6, 6.07) is 11.1. The van der Waals surface area contributed by atoms with Crippen LogP contribution in [-0.2, 0) is 12.8 Å². The average molecular weight is 422 g/mol. The van der Waals surface area contributed by atoms with Gasteiger partial charge in [0.2, 0.25) is 0 Å². The molecule has 0 atom stereocenters. The highest BCUT2D eigenvalue weighted by Crippen LogP contribution is 2.23.